The van der Waals surface area contributed by atoms with Gasteiger partial charge in [-0.1, -0.05) is 6.07 Å². The summed E-state index contributed by atoms with van der Waals surface area (Å²) in [6.45, 7) is 0.525. The Kier molecular flexibility index (Phi) is 5.05. The van der Waals surface area contributed by atoms with E-state index in [1.54, 1.807) is 23.1 Å². The number of aromatic nitrogens is 3. The van der Waals surface area contributed by atoms with E-state index in [2.05, 4.69) is 20.7 Å². The normalized spacial score (nSPS) is 29.0. The first-order valence-electron chi connectivity index (χ1n) is 11.1. The summed E-state index contributed by atoms with van der Waals surface area (Å²) in [5.41, 5.74) is 1.09. The summed E-state index contributed by atoms with van der Waals surface area (Å²) in [4.78, 5) is 29.1. The first-order chi connectivity index (χ1) is 14.6. The lowest BCUT2D eigenvalue weighted by atomic mass is 9.49. The maximum Gasteiger partial charge on any atom is 0.244 e. The van der Waals surface area contributed by atoms with E-state index in [0.717, 1.165) is 23.4 Å². The van der Waals surface area contributed by atoms with Crippen LogP contribution in [0.1, 0.15) is 50.6 Å². The summed E-state index contributed by atoms with van der Waals surface area (Å²) in [5.74, 6) is 2.71. The molecule has 0 aliphatic heterocycles. The SMILES string of the molecule is O=C(CC12CC3CC(CC(C3)C1)C2)NCC(=O)Nc1ccn(Cc2ccccn2)n1. The lowest BCUT2D eigenvalue weighted by molar-refractivity contribution is -0.131. The summed E-state index contributed by atoms with van der Waals surface area (Å²) in [6, 6.07) is 7.48. The fourth-order valence-electron chi connectivity index (χ4n) is 6.45. The number of anilines is 1. The van der Waals surface area contributed by atoms with Crippen LogP contribution in [0.2, 0.25) is 0 Å². The number of nitrogens with zero attached hydrogens (tertiary/aromatic N) is 3. The van der Waals surface area contributed by atoms with Gasteiger partial charge in [0.1, 0.15) is 0 Å². The van der Waals surface area contributed by atoms with Crippen LogP contribution in [0, 0.1) is 23.2 Å². The van der Waals surface area contributed by atoms with Crippen molar-refractivity contribution < 1.29 is 9.59 Å². The van der Waals surface area contributed by atoms with E-state index in [-0.39, 0.29) is 23.8 Å². The van der Waals surface area contributed by atoms with Crippen molar-refractivity contribution in [1.82, 2.24) is 20.1 Å². The third kappa shape index (κ3) is 4.25. The van der Waals surface area contributed by atoms with Gasteiger partial charge < -0.3 is 10.6 Å². The molecule has 7 nitrogen and oxygen atoms in total. The van der Waals surface area contributed by atoms with Crippen LogP contribution in [-0.4, -0.2) is 33.1 Å². The van der Waals surface area contributed by atoms with E-state index < -0.39 is 0 Å². The van der Waals surface area contributed by atoms with Crippen LogP contribution < -0.4 is 10.6 Å². The molecule has 6 rings (SSSR count). The number of rotatable bonds is 7. The van der Waals surface area contributed by atoms with Gasteiger partial charge in [0.05, 0.1) is 18.8 Å². The summed E-state index contributed by atoms with van der Waals surface area (Å²) >= 11 is 0. The van der Waals surface area contributed by atoms with Crippen LogP contribution in [0.3, 0.4) is 0 Å². The summed E-state index contributed by atoms with van der Waals surface area (Å²) < 4.78 is 1.73. The van der Waals surface area contributed by atoms with Crippen LogP contribution >= 0.6 is 0 Å². The molecule has 4 aliphatic carbocycles. The standard InChI is InChI=1S/C23H29N5O2/c29-21(13-23-10-16-7-17(11-23)9-18(8-16)12-23)25-14-22(30)26-20-4-6-28(27-20)15-19-3-1-2-5-24-19/h1-6,16-18H,7-15H2,(H,25,29)(H,26,27,30). The molecule has 2 heterocycles. The predicted molar refractivity (Wildman–Crippen MR) is 112 cm³/mol. The highest BCUT2D eigenvalue weighted by Crippen LogP contribution is 2.61. The average molecular weight is 408 g/mol. The second kappa shape index (κ2) is 7.85. The molecule has 158 valence electrons. The second-order valence-electron chi connectivity index (χ2n) is 9.64. The van der Waals surface area contributed by atoms with Crippen LogP contribution in [0.4, 0.5) is 5.82 Å². The average Bonchev–Trinajstić information content (AvgIpc) is 3.12. The predicted octanol–water partition coefficient (Wildman–Crippen LogP) is 2.99. The lowest BCUT2D eigenvalue weighted by Crippen LogP contribution is -2.48. The maximum absolute atomic E-state index is 12.6. The third-order valence-corrected chi connectivity index (χ3v) is 7.11. The smallest absolute Gasteiger partial charge is 0.244 e. The van der Waals surface area contributed by atoms with Crippen LogP contribution in [0.15, 0.2) is 36.7 Å². The molecule has 0 saturated heterocycles. The van der Waals surface area contributed by atoms with Gasteiger partial charge in [-0.15, -0.1) is 0 Å². The third-order valence-electron chi connectivity index (χ3n) is 7.11. The van der Waals surface area contributed by atoms with Gasteiger partial charge in [0.15, 0.2) is 5.82 Å². The van der Waals surface area contributed by atoms with Crippen molar-refractivity contribution in [3.63, 3.8) is 0 Å². The molecule has 2 N–H and O–H groups in total. The molecule has 4 saturated carbocycles. The van der Waals surface area contributed by atoms with Crippen molar-refractivity contribution in [2.45, 2.75) is 51.5 Å². The highest BCUT2D eigenvalue weighted by atomic mass is 16.2. The van der Waals surface area contributed by atoms with Crippen LogP contribution in [-0.2, 0) is 16.1 Å². The molecule has 4 aliphatic rings. The fourth-order valence-corrected chi connectivity index (χ4v) is 6.45. The monoisotopic (exact) mass is 407 g/mol. The van der Waals surface area contributed by atoms with Crippen LogP contribution in [0.5, 0.6) is 0 Å². The van der Waals surface area contributed by atoms with Gasteiger partial charge in [-0.25, -0.2) is 0 Å². The molecular formula is C23H29N5O2. The van der Waals surface area contributed by atoms with E-state index in [0.29, 0.717) is 18.8 Å². The minimum absolute atomic E-state index is 0.00720. The molecule has 2 aromatic heterocycles. The number of nitrogens with one attached hydrogen (secondary N) is 2. The van der Waals surface area contributed by atoms with Gasteiger partial charge in [-0.05, 0) is 73.8 Å². The maximum atomic E-state index is 12.6. The van der Waals surface area contributed by atoms with Crippen LogP contribution in [0.25, 0.3) is 0 Å². The molecule has 2 aromatic rings. The fraction of sp³-hybridized carbons (Fsp3) is 0.565. The zero-order valence-corrected chi connectivity index (χ0v) is 17.2. The second-order valence-corrected chi connectivity index (χ2v) is 9.64. The number of carbonyl (C=O) groups is 2. The van der Waals surface area contributed by atoms with E-state index >= 15 is 0 Å². The minimum Gasteiger partial charge on any atom is -0.347 e. The molecule has 0 radical (unpaired) electrons. The summed E-state index contributed by atoms with van der Waals surface area (Å²) in [5, 5.41) is 9.94. The first-order valence-corrected chi connectivity index (χ1v) is 11.1. The Morgan fingerprint density at radius 1 is 1.03 bits per heavy atom. The Morgan fingerprint density at radius 3 is 2.43 bits per heavy atom. The number of carbonyl (C=O) groups excluding carboxylic acids is 2. The van der Waals surface area contributed by atoms with Crippen molar-refractivity contribution in [3.8, 4) is 0 Å². The molecule has 0 atom stereocenters. The Balaban J connectivity index is 1.09. The van der Waals surface area contributed by atoms with Gasteiger partial charge >= 0.3 is 0 Å². The molecule has 0 unspecified atom stereocenters. The van der Waals surface area contributed by atoms with Crippen molar-refractivity contribution in [2.75, 3.05) is 11.9 Å². The molecule has 30 heavy (non-hydrogen) atoms. The highest BCUT2D eigenvalue weighted by molar-refractivity contribution is 5.93. The largest absolute Gasteiger partial charge is 0.347 e. The van der Waals surface area contributed by atoms with Gasteiger partial charge in [0.25, 0.3) is 0 Å². The number of amides is 2. The Morgan fingerprint density at radius 2 is 1.77 bits per heavy atom. The highest BCUT2D eigenvalue weighted by Gasteiger charge is 2.51. The lowest BCUT2D eigenvalue weighted by Gasteiger charge is -2.56. The van der Waals surface area contributed by atoms with Crippen molar-refractivity contribution >= 4 is 17.6 Å². The molecule has 7 heteroatoms. The number of pyridine rings is 1. The molecule has 2 amide bonds. The molecule has 4 fully saturated rings. The Labute approximate surface area is 176 Å². The zero-order valence-electron chi connectivity index (χ0n) is 17.2. The Hall–Kier alpha value is -2.70. The van der Waals surface area contributed by atoms with E-state index in [9.17, 15) is 9.59 Å². The molecular weight excluding hydrogens is 378 g/mol. The molecule has 0 spiro atoms. The molecule has 4 bridgehead atoms. The van der Waals surface area contributed by atoms with Gasteiger partial charge in [0, 0.05) is 24.9 Å². The van der Waals surface area contributed by atoms with Gasteiger partial charge in [-0.2, -0.15) is 5.10 Å². The topological polar surface area (TPSA) is 88.9 Å². The molecule has 0 aromatic carbocycles. The summed E-state index contributed by atoms with van der Waals surface area (Å²) in [6.07, 6.45) is 11.8. The minimum atomic E-state index is -0.253. The van der Waals surface area contributed by atoms with Gasteiger partial charge in [0.2, 0.25) is 11.8 Å². The van der Waals surface area contributed by atoms with E-state index in [4.69, 9.17) is 0 Å². The number of hydrogen-bond donors (Lipinski definition) is 2. The van der Waals surface area contributed by atoms with E-state index in [1.165, 1.54) is 38.5 Å². The first kappa shape index (κ1) is 19.3. The van der Waals surface area contributed by atoms with Crippen molar-refractivity contribution in [3.05, 3.63) is 42.4 Å². The quantitative estimate of drug-likeness (QED) is 0.738. The van der Waals surface area contributed by atoms with Gasteiger partial charge in [-0.3, -0.25) is 19.3 Å². The number of hydrogen-bond acceptors (Lipinski definition) is 4. The zero-order chi connectivity index (χ0) is 20.6. The van der Waals surface area contributed by atoms with Crippen molar-refractivity contribution in [2.24, 2.45) is 23.2 Å². The Bertz CT molecular complexity index is 887. The summed E-state index contributed by atoms with van der Waals surface area (Å²) in [7, 11) is 0. The van der Waals surface area contributed by atoms with E-state index in [1.807, 2.05) is 18.2 Å². The van der Waals surface area contributed by atoms with Crippen molar-refractivity contribution in [1.29, 1.82) is 0 Å².